The second kappa shape index (κ2) is 6.18. The fourth-order valence-electron chi connectivity index (χ4n) is 3.20. The highest BCUT2D eigenvalue weighted by molar-refractivity contribution is 5.92. The van der Waals surface area contributed by atoms with E-state index in [0.717, 1.165) is 22.3 Å². The molecule has 0 radical (unpaired) electrons. The number of fused-ring (bicyclic) bond motifs is 1. The van der Waals surface area contributed by atoms with Gasteiger partial charge in [0.05, 0.1) is 12.1 Å². The summed E-state index contributed by atoms with van der Waals surface area (Å²) in [6, 6.07) is 16.7. The van der Waals surface area contributed by atoms with E-state index >= 15 is 0 Å². The molecule has 1 heterocycles. The lowest BCUT2D eigenvalue weighted by molar-refractivity contribution is 0.0823. The first-order valence-corrected chi connectivity index (χ1v) is 8.22. The van der Waals surface area contributed by atoms with Gasteiger partial charge in [-0.1, -0.05) is 59.3 Å². The highest BCUT2D eigenvalue weighted by Crippen LogP contribution is 2.31. The summed E-state index contributed by atoms with van der Waals surface area (Å²) in [4.78, 5) is 12.5. The van der Waals surface area contributed by atoms with E-state index in [-0.39, 0.29) is 11.7 Å². The van der Waals surface area contributed by atoms with Gasteiger partial charge < -0.3 is 14.9 Å². The molecule has 2 atom stereocenters. The van der Waals surface area contributed by atoms with Gasteiger partial charge in [0, 0.05) is 18.1 Å². The first-order valence-electron chi connectivity index (χ1n) is 8.22. The van der Waals surface area contributed by atoms with E-state index in [2.05, 4.69) is 10.5 Å². The standard InChI is InChI=1S/C20H18N2O3/c1-12-6-8-13(9-7-12)16-11-18(25-22-16)20(24)21-19-15-5-3-2-4-14(15)10-17(19)23/h2-9,11,17,19,23H,10H2,1H3,(H,21,24)/t17-,19+/m0/s1. The Hall–Kier alpha value is -2.92. The molecular weight excluding hydrogens is 316 g/mol. The third-order valence-electron chi connectivity index (χ3n) is 4.57. The number of aliphatic hydroxyl groups excluding tert-OH is 1. The molecule has 1 aliphatic carbocycles. The number of benzene rings is 2. The Labute approximate surface area is 145 Å². The van der Waals surface area contributed by atoms with Gasteiger partial charge in [0.15, 0.2) is 0 Å². The van der Waals surface area contributed by atoms with Crippen LogP contribution in [0.5, 0.6) is 0 Å². The minimum atomic E-state index is -0.638. The molecule has 25 heavy (non-hydrogen) atoms. The molecule has 2 N–H and O–H groups in total. The van der Waals surface area contributed by atoms with E-state index in [1.807, 2.05) is 55.5 Å². The third kappa shape index (κ3) is 2.94. The van der Waals surface area contributed by atoms with Crippen molar-refractivity contribution in [3.8, 4) is 11.3 Å². The monoisotopic (exact) mass is 334 g/mol. The van der Waals surface area contributed by atoms with Crippen molar-refractivity contribution >= 4 is 5.91 Å². The van der Waals surface area contributed by atoms with Crippen molar-refractivity contribution in [1.82, 2.24) is 10.5 Å². The maximum Gasteiger partial charge on any atom is 0.290 e. The second-order valence-electron chi connectivity index (χ2n) is 6.36. The van der Waals surface area contributed by atoms with Crippen molar-refractivity contribution in [2.75, 3.05) is 0 Å². The van der Waals surface area contributed by atoms with Crippen LogP contribution in [0.25, 0.3) is 11.3 Å². The summed E-state index contributed by atoms with van der Waals surface area (Å²) in [5, 5.41) is 17.1. The summed E-state index contributed by atoms with van der Waals surface area (Å²) in [5.74, 6) is -0.251. The summed E-state index contributed by atoms with van der Waals surface area (Å²) in [6.07, 6.45) is -0.104. The van der Waals surface area contributed by atoms with Crippen molar-refractivity contribution < 1.29 is 14.4 Å². The maximum atomic E-state index is 12.5. The summed E-state index contributed by atoms with van der Waals surface area (Å²) in [6.45, 7) is 2.01. The molecule has 1 aromatic heterocycles. The Morgan fingerprint density at radius 1 is 1.20 bits per heavy atom. The Balaban J connectivity index is 1.53. The van der Waals surface area contributed by atoms with Crippen LogP contribution >= 0.6 is 0 Å². The minimum absolute atomic E-state index is 0.132. The summed E-state index contributed by atoms with van der Waals surface area (Å²) >= 11 is 0. The number of aromatic nitrogens is 1. The zero-order chi connectivity index (χ0) is 17.4. The van der Waals surface area contributed by atoms with Crippen LogP contribution in [0.4, 0.5) is 0 Å². The molecule has 4 rings (SSSR count). The van der Waals surface area contributed by atoms with E-state index in [0.29, 0.717) is 12.1 Å². The first kappa shape index (κ1) is 15.6. The quantitative estimate of drug-likeness (QED) is 0.772. The smallest absolute Gasteiger partial charge is 0.290 e. The zero-order valence-electron chi connectivity index (χ0n) is 13.8. The molecule has 0 spiro atoms. The predicted molar refractivity (Wildman–Crippen MR) is 93.0 cm³/mol. The first-order chi connectivity index (χ1) is 12.1. The fraction of sp³-hybridized carbons (Fsp3) is 0.200. The SMILES string of the molecule is Cc1ccc(-c2cc(C(=O)N[C@@H]3c4ccccc4C[C@@H]3O)on2)cc1. The largest absolute Gasteiger partial charge is 0.390 e. The zero-order valence-corrected chi connectivity index (χ0v) is 13.8. The van der Waals surface area contributed by atoms with Crippen molar-refractivity contribution in [2.45, 2.75) is 25.5 Å². The van der Waals surface area contributed by atoms with Crippen LogP contribution in [0, 0.1) is 6.92 Å². The topological polar surface area (TPSA) is 75.4 Å². The predicted octanol–water partition coefficient (Wildman–Crippen LogP) is 3.04. The molecule has 0 saturated heterocycles. The molecular formula is C20H18N2O3. The summed E-state index contributed by atoms with van der Waals surface area (Å²) in [7, 11) is 0. The number of nitrogens with one attached hydrogen (secondary N) is 1. The van der Waals surface area contributed by atoms with Crippen molar-refractivity contribution in [2.24, 2.45) is 0 Å². The maximum absolute atomic E-state index is 12.5. The molecule has 0 bridgehead atoms. The molecule has 0 saturated carbocycles. The molecule has 1 aliphatic rings. The van der Waals surface area contributed by atoms with Crippen LogP contribution in [0.1, 0.15) is 33.3 Å². The highest BCUT2D eigenvalue weighted by Gasteiger charge is 2.32. The third-order valence-corrected chi connectivity index (χ3v) is 4.57. The van der Waals surface area contributed by atoms with Crippen molar-refractivity contribution in [1.29, 1.82) is 0 Å². The van der Waals surface area contributed by atoms with Gasteiger partial charge in [0.25, 0.3) is 5.91 Å². The van der Waals surface area contributed by atoms with E-state index in [4.69, 9.17) is 4.52 Å². The van der Waals surface area contributed by atoms with Gasteiger partial charge in [-0.05, 0) is 18.1 Å². The number of aliphatic hydroxyl groups is 1. The van der Waals surface area contributed by atoms with Gasteiger partial charge in [-0.15, -0.1) is 0 Å². The average Bonchev–Trinajstić information content (AvgIpc) is 3.21. The summed E-state index contributed by atoms with van der Waals surface area (Å²) in [5.41, 5.74) is 4.65. The van der Waals surface area contributed by atoms with Crippen molar-refractivity contribution in [3.05, 3.63) is 77.0 Å². The molecule has 2 aromatic carbocycles. The number of carbonyl (C=O) groups is 1. The Morgan fingerprint density at radius 3 is 2.76 bits per heavy atom. The number of rotatable bonds is 3. The van der Waals surface area contributed by atoms with Gasteiger partial charge in [-0.2, -0.15) is 0 Å². The minimum Gasteiger partial charge on any atom is -0.390 e. The van der Waals surface area contributed by atoms with Crippen LogP contribution in [0.15, 0.2) is 59.1 Å². The van der Waals surface area contributed by atoms with Gasteiger partial charge in [-0.3, -0.25) is 4.79 Å². The van der Waals surface area contributed by atoms with Gasteiger partial charge in [-0.25, -0.2) is 0 Å². The second-order valence-corrected chi connectivity index (χ2v) is 6.36. The van der Waals surface area contributed by atoms with Gasteiger partial charge in [0.2, 0.25) is 5.76 Å². The molecule has 1 amide bonds. The Kier molecular flexibility index (Phi) is 3.86. The molecule has 0 fully saturated rings. The van der Waals surface area contributed by atoms with Gasteiger partial charge in [0.1, 0.15) is 5.69 Å². The van der Waals surface area contributed by atoms with Crippen LogP contribution < -0.4 is 5.32 Å². The Morgan fingerprint density at radius 2 is 1.96 bits per heavy atom. The lowest BCUT2D eigenvalue weighted by Crippen LogP contribution is -2.33. The molecule has 5 nitrogen and oxygen atoms in total. The van der Waals surface area contributed by atoms with Crippen molar-refractivity contribution in [3.63, 3.8) is 0 Å². The number of carbonyl (C=O) groups excluding carboxylic acids is 1. The average molecular weight is 334 g/mol. The van der Waals surface area contributed by atoms with Crippen LogP contribution in [0.2, 0.25) is 0 Å². The van der Waals surface area contributed by atoms with E-state index in [1.54, 1.807) is 6.07 Å². The van der Waals surface area contributed by atoms with Crippen LogP contribution in [0.3, 0.4) is 0 Å². The number of hydrogen-bond acceptors (Lipinski definition) is 4. The number of nitrogens with zero attached hydrogens (tertiary/aromatic N) is 1. The lowest BCUT2D eigenvalue weighted by atomic mass is 10.1. The lowest BCUT2D eigenvalue weighted by Gasteiger charge is -2.16. The van der Waals surface area contributed by atoms with Crippen LogP contribution in [-0.2, 0) is 6.42 Å². The van der Waals surface area contributed by atoms with Gasteiger partial charge >= 0.3 is 0 Å². The number of amides is 1. The fourth-order valence-corrected chi connectivity index (χ4v) is 3.20. The molecule has 0 aliphatic heterocycles. The molecule has 3 aromatic rings. The van der Waals surface area contributed by atoms with E-state index in [1.165, 1.54) is 0 Å². The van der Waals surface area contributed by atoms with E-state index < -0.39 is 12.1 Å². The van der Waals surface area contributed by atoms with E-state index in [9.17, 15) is 9.90 Å². The number of hydrogen-bond donors (Lipinski definition) is 2. The molecule has 5 heteroatoms. The van der Waals surface area contributed by atoms with Crippen LogP contribution in [-0.4, -0.2) is 22.3 Å². The Bertz CT molecular complexity index is 915. The normalized spacial score (nSPS) is 18.8. The highest BCUT2D eigenvalue weighted by atomic mass is 16.5. The molecule has 0 unspecified atom stereocenters. The number of aryl methyl sites for hydroxylation is 1. The molecule has 126 valence electrons. The summed E-state index contributed by atoms with van der Waals surface area (Å²) < 4.78 is 5.20.